The number of anilines is 1. The molecular weight excluding hydrogens is 322 g/mol. The summed E-state index contributed by atoms with van der Waals surface area (Å²) in [6, 6.07) is 0. The van der Waals surface area contributed by atoms with Crippen LogP contribution in [-0.4, -0.2) is 72.8 Å². The third-order valence-corrected chi connectivity index (χ3v) is 3.66. The number of hydrogen-bond acceptors (Lipinski definition) is 9. The standard InChI is InChI=1S/C13H17N5O6/c1-5(20)15-13-16-10-7(11(17-13)23-2)14-4-18(10)12-9(22)8(21)6(3-19)24-12/h4,6,8-9,12,19,21-22H,3H2,1-2H3,(H,15,16,17,20)/t6-,8-,9-,12-/m1/s1. The summed E-state index contributed by atoms with van der Waals surface area (Å²) < 4.78 is 12.0. The van der Waals surface area contributed by atoms with Gasteiger partial charge in [0, 0.05) is 6.92 Å². The molecule has 1 aliphatic heterocycles. The van der Waals surface area contributed by atoms with E-state index in [0.717, 1.165) is 0 Å². The number of methoxy groups -OCH3 is 1. The van der Waals surface area contributed by atoms with E-state index in [9.17, 15) is 20.1 Å². The minimum Gasteiger partial charge on any atom is -0.479 e. The number of ether oxygens (including phenoxy) is 2. The molecule has 1 fully saturated rings. The Balaban J connectivity index is 2.07. The summed E-state index contributed by atoms with van der Waals surface area (Å²) in [4.78, 5) is 23.6. The van der Waals surface area contributed by atoms with Crippen molar-refractivity contribution in [2.75, 3.05) is 19.0 Å². The molecule has 0 saturated carbocycles. The minimum absolute atomic E-state index is 0.000318. The van der Waals surface area contributed by atoms with Gasteiger partial charge < -0.3 is 24.8 Å². The smallest absolute Gasteiger partial charge is 0.246 e. The number of nitrogens with zero attached hydrogens (tertiary/aromatic N) is 4. The third kappa shape index (κ3) is 2.67. The molecule has 0 spiro atoms. The number of carbonyl (C=O) groups excluding carboxylic acids is 1. The molecule has 2 aromatic heterocycles. The average Bonchev–Trinajstić information content (AvgIpc) is 3.08. The Kier molecular flexibility index (Phi) is 4.32. The molecule has 24 heavy (non-hydrogen) atoms. The van der Waals surface area contributed by atoms with Crippen molar-refractivity contribution < 1.29 is 29.6 Å². The van der Waals surface area contributed by atoms with Crippen LogP contribution in [0.4, 0.5) is 5.95 Å². The van der Waals surface area contributed by atoms with Gasteiger partial charge in [-0.2, -0.15) is 9.97 Å². The first-order valence-electron chi connectivity index (χ1n) is 7.15. The van der Waals surface area contributed by atoms with E-state index in [1.54, 1.807) is 0 Å². The van der Waals surface area contributed by atoms with Gasteiger partial charge in [-0.1, -0.05) is 0 Å². The Morgan fingerprint density at radius 1 is 1.42 bits per heavy atom. The van der Waals surface area contributed by atoms with Gasteiger partial charge in [0.05, 0.1) is 20.0 Å². The number of nitrogens with one attached hydrogen (secondary N) is 1. The number of aromatic nitrogens is 4. The van der Waals surface area contributed by atoms with E-state index in [-0.39, 0.29) is 23.4 Å². The highest BCUT2D eigenvalue weighted by atomic mass is 16.6. The van der Waals surface area contributed by atoms with Crippen molar-refractivity contribution in [2.24, 2.45) is 0 Å². The zero-order valence-corrected chi connectivity index (χ0v) is 12.9. The molecule has 3 rings (SSSR count). The fourth-order valence-electron chi connectivity index (χ4n) is 2.54. The van der Waals surface area contributed by atoms with Crippen LogP contribution >= 0.6 is 0 Å². The Morgan fingerprint density at radius 3 is 2.75 bits per heavy atom. The van der Waals surface area contributed by atoms with Crippen LogP contribution in [0.1, 0.15) is 13.2 Å². The monoisotopic (exact) mass is 339 g/mol. The van der Waals surface area contributed by atoms with E-state index in [2.05, 4.69) is 20.3 Å². The zero-order chi connectivity index (χ0) is 17.4. The Labute approximate surface area is 135 Å². The molecule has 3 heterocycles. The van der Waals surface area contributed by atoms with Crippen LogP contribution in [0.25, 0.3) is 11.2 Å². The fraction of sp³-hybridized carbons (Fsp3) is 0.538. The number of aliphatic hydroxyl groups excluding tert-OH is 3. The molecule has 130 valence electrons. The predicted octanol–water partition coefficient (Wildman–Crippen LogP) is -1.60. The molecule has 0 aromatic carbocycles. The van der Waals surface area contributed by atoms with Crippen molar-refractivity contribution in [2.45, 2.75) is 31.5 Å². The SMILES string of the molecule is COc1nc(NC(C)=O)nc2c1ncn2[C@@H]1O[C@H](CO)[C@@H](O)[C@H]1O. The highest BCUT2D eigenvalue weighted by Gasteiger charge is 2.44. The highest BCUT2D eigenvalue weighted by Crippen LogP contribution is 2.33. The van der Waals surface area contributed by atoms with E-state index in [1.165, 1.54) is 24.9 Å². The van der Waals surface area contributed by atoms with E-state index in [4.69, 9.17) is 9.47 Å². The number of hydrogen-bond donors (Lipinski definition) is 4. The Morgan fingerprint density at radius 2 is 2.17 bits per heavy atom. The molecule has 0 bridgehead atoms. The van der Waals surface area contributed by atoms with Gasteiger partial charge in [-0.25, -0.2) is 4.98 Å². The molecule has 4 N–H and O–H groups in total. The molecule has 1 saturated heterocycles. The molecule has 0 radical (unpaired) electrons. The number of imidazole rings is 1. The first-order valence-corrected chi connectivity index (χ1v) is 7.15. The van der Waals surface area contributed by atoms with Crippen molar-refractivity contribution in [1.29, 1.82) is 0 Å². The second-order valence-corrected chi connectivity index (χ2v) is 5.29. The number of aliphatic hydroxyl groups is 3. The van der Waals surface area contributed by atoms with Gasteiger partial charge in [0.2, 0.25) is 17.7 Å². The van der Waals surface area contributed by atoms with Gasteiger partial charge in [0.25, 0.3) is 0 Å². The fourth-order valence-corrected chi connectivity index (χ4v) is 2.54. The van der Waals surface area contributed by atoms with Gasteiger partial charge in [0.1, 0.15) is 18.3 Å². The number of rotatable bonds is 4. The average molecular weight is 339 g/mol. The number of carbonyl (C=O) groups is 1. The Hall–Kier alpha value is -2.34. The van der Waals surface area contributed by atoms with Crippen LogP contribution in [-0.2, 0) is 9.53 Å². The number of fused-ring (bicyclic) bond motifs is 1. The lowest BCUT2D eigenvalue weighted by Gasteiger charge is -2.16. The summed E-state index contributed by atoms with van der Waals surface area (Å²) in [6.07, 6.45) is -3.13. The van der Waals surface area contributed by atoms with Gasteiger partial charge >= 0.3 is 0 Å². The molecule has 0 unspecified atom stereocenters. The lowest BCUT2D eigenvalue weighted by atomic mass is 10.1. The molecule has 11 nitrogen and oxygen atoms in total. The summed E-state index contributed by atoms with van der Waals surface area (Å²) in [6.45, 7) is 0.861. The summed E-state index contributed by atoms with van der Waals surface area (Å²) >= 11 is 0. The second kappa shape index (κ2) is 6.28. The second-order valence-electron chi connectivity index (χ2n) is 5.29. The molecule has 2 aromatic rings. The maximum Gasteiger partial charge on any atom is 0.246 e. The molecular formula is C13H17N5O6. The lowest BCUT2D eigenvalue weighted by molar-refractivity contribution is -0.114. The predicted molar refractivity (Wildman–Crippen MR) is 79.2 cm³/mol. The van der Waals surface area contributed by atoms with Crippen LogP contribution in [0, 0.1) is 0 Å². The van der Waals surface area contributed by atoms with Gasteiger partial charge in [-0.05, 0) is 0 Å². The van der Waals surface area contributed by atoms with E-state index < -0.39 is 31.1 Å². The van der Waals surface area contributed by atoms with Crippen LogP contribution in [0.2, 0.25) is 0 Å². The zero-order valence-electron chi connectivity index (χ0n) is 12.9. The van der Waals surface area contributed by atoms with Crippen molar-refractivity contribution in [3.8, 4) is 5.88 Å². The van der Waals surface area contributed by atoms with E-state index in [0.29, 0.717) is 5.52 Å². The first-order chi connectivity index (χ1) is 11.5. The van der Waals surface area contributed by atoms with Crippen LogP contribution < -0.4 is 10.1 Å². The molecule has 1 aliphatic rings. The van der Waals surface area contributed by atoms with E-state index >= 15 is 0 Å². The molecule has 0 aliphatic carbocycles. The van der Waals surface area contributed by atoms with Gasteiger partial charge in [-0.15, -0.1) is 0 Å². The third-order valence-electron chi connectivity index (χ3n) is 3.66. The van der Waals surface area contributed by atoms with Crippen LogP contribution in [0.3, 0.4) is 0 Å². The maximum absolute atomic E-state index is 11.2. The Bertz CT molecular complexity index is 765. The quantitative estimate of drug-likeness (QED) is 0.516. The van der Waals surface area contributed by atoms with Crippen molar-refractivity contribution in [3.63, 3.8) is 0 Å². The first kappa shape index (κ1) is 16.5. The maximum atomic E-state index is 11.2. The molecule has 11 heteroatoms. The minimum atomic E-state index is -1.29. The van der Waals surface area contributed by atoms with Crippen molar-refractivity contribution in [3.05, 3.63) is 6.33 Å². The number of amides is 1. The van der Waals surface area contributed by atoms with Crippen molar-refractivity contribution in [1.82, 2.24) is 19.5 Å². The molecule has 4 atom stereocenters. The normalized spacial score (nSPS) is 26.7. The highest BCUT2D eigenvalue weighted by molar-refractivity contribution is 5.88. The molecule has 1 amide bonds. The summed E-state index contributed by atoms with van der Waals surface area (Å²) in [5.41, 5.74) is 0.532. The van der Waals surface area contributed by atoms with Gasteiger partial charge in [0.15, 0.2) is 17.4 Å². The van der Waals surface area contributed by atoms with E-state index in [1.807, 2.05) is 0 Å². The summed E-state index contributed by atoms with van der Waals surface area (Å²) in [7, 11) is 1.39. The topological polar surface area (TPSA) is 152 Å². The van der Waals surface area contributed by atoms with Gasteiger partial charge in [-0.3, -0.25) is 14.7 Å². The largest absolute Gasteiger partial charge is 0.479 e. The van der Waals surface area contributed by atoms with Crippen LogP contribution in [0.5, 0.6) is 5.88 Å². The van der Waals surface area contributed by atoms with Crippen LogP contribution in [0.15, 0.2) is 6.33 Å². The van der Waals surface area contributed by atoms with Crippen molar-refractivity contribution >= 4 is 23.0 Å². The summed E-state index contributed by atoms with van der Waals surface area (Å²) in [5.74, 6) is -0.232. The lowest BCUT2D eigenvalue weighted by Crippen LogP contribution is -2.33. The summed E-state index contributed by atoms with van der Waals surface area (Å²) in [5, 5.41) is 31.7.